The molecule has 3 amide bonds. The van der Waals surface area contributed by atoms with Crippen molar-refractivity contribution in [1.82, 2.24) is 16.0 Å². The molecule has 176 valence electrons. The van der Waals surface area contributed by atoms with Crippen LogP contribution in [0.5, 0.6) is 0 Å². The molecule has 0 radical (unpaired) electrons. The van der Waals surface area contributed by atoms with Crippen LogP contribution in [0.25, 0.3) is 0 Å². The van der Waals surface area contributed by atoms with Crippen LogP contribution in [0.3, 0.4) is 0 Å². The highest BCUT2D eigenvalue weighted by molar-refractivity contribution is 5.81. The molecule has 0 aliphatic carbocycles. The number of ether oxygens (including phenoxy) is 2. The maximum Gasteiger partial charge on any atom is 0.245 e. The topological polar surface area (TPSA) is 158 Å². The highest BCUT2D eigenvalue weighted by atomic mass is 16.5. The van der Waals surface area contributed by atoms with Gasteiger partial charge >= 0.3 is 0 Å². The van der Waals surface area contributed by atoms with Crippen LogP contribution in [0.2, 0.25) is 0 Å². The van der Waals surface area contributed by atoms with Gasteiger partial charge in [-0.25, -0.2) is 0 Å². The summed E-state index contributed by atoms with van der Waals surface area (Å²) >= 11 is 0. The number of nitrogens with one attached hydrogen (secondary N) is 3. The number of hydrogen-bond acceptors (Lipinski definition) is 7. The second-order valence-electron chi connectivity index (χ2n) is 7.00. The van der Waals surface area contributed by atoms with E-state index in [0.29, 0.717) is 65.3 Å². The average Bonchev–Trinajstić information content (AvgIpc) is 2.73. The van der Waals surface area contributed by atoms with E-state index in [1.807, 2.05) is 0 Å². The molecule has 0 aliphatic rings. The van der Waals surface area contributed by atoms with Crippen LogP contribution in [0.4, 0.5) is 0 Å². The van der Waals surface area contributed by atoms with Crippen molar-refractivity contribution in [3.63, 3.8) is 0 Å². The Bertz CT molecular complexity index is 465. The van der Waals surface area contributed by atoms with E-state index < -0.39 is 6.04 Å². The van der Waals surface area contributed by atoms with Crippen molar-refractivity contribution < 1.29 is 23.9 Å². The van der Waals surface area contributed by atoms with E-state index in [2.05, 4.69) is 22.9 Å². The molecule has 10 nitrogen and oxygen atoms in total. The number of hydrogen-bond donors (Lipinski definition) is 5. The second-order valence-corrected chi connectivity index (χ2v) is 7.00. The first kappa shape index (κ1) is 28.2. The van der Waals surface area contributed by atoms with Crippen molar-refractivity contribution in [3.8, 4) is 0 Å². The maximum absolute atomic E-state index is 11.7. The summed E-state index contributed by atoms with van der Waals surface area (Å²) in [5.41, 5.74) is 11.2. The summed E-state index contributed by atoms with van der Waals surface area (Å²) in [6.07, 6.45) is 5.19. The molecule has 0 aromatic heterocycles. The lowest BCUT2D eigenvalue weighted by molar-refractivity contribution is -0.126. The van der Waals surface area contributed by atoms with Gasteiger partial charge in [-0.05, 0) is 38.6 Å². The van der Waals surface area contributed by atoms with Crippen LogP contribution in [0.15, 0.2) is 0 Å². The van der Waals surface area contributed by atoms with Gasteiger partial charge in [-0.15, -0.1) is 0 Å². The number of unbranched alkanes of at least 4 members (excludes halogenated alkanes) is 2. The van der Waals surface area contributed by atoms with Crippen LogP contribution in [0.1, 0.15) is 51.9 Å². The van der Waals surface area contributed by atoms with Gasteiger partial charge in [0.1, 0.15) is 6.61 Å². The minimum atomic E-state index is -0.500. The summed E-state index contributed by atoms with van der Waals surface area (Å²) in [5, 5.41) is 8.31. The molecule has 0 rings (SSSR count). The zero-order valence-corrected chi connectivity index (χ0v) is 18.4. The van der Waals surface area contributed by atoms with E-state index in [0.717, 1.165) is 25.7 Å². The number of carbonyl (C=O) groups excluding carboxylic acids is 3. The fraction of sp³-hybridized carbons (Fsp3) is 0.850. The first-order valence-corrected chi connectivity index (χ1v) is 10.9. The van der Waals surface area contributed by atoms with Crippen molar-refractivity contribution in [2.75, 3.05) is 52.6 Å². The summed E-state index contributed by atoms with van der Waals surface area (Å²) in [4.78, 5) is 34.7. The summed E-state index contributed by atoms with van der Waals surface area (Å²) in [7, 11) is 0. The Morgan fingerprint density at radius 3 is 2.27 bits per heavy atom. The Kier molecular flexibility index (Phi) is 19.3. The Labute approximate surface area is 180 Å². The molecule has 0 bridgehead atoms. The molecule has 1 atom stereocenters. The van der Waals surface area contributed by atoms with E-state index in [4.69, 9.17) is 20.9 Å². The summed E-state index contributed by atoms with van der Waals surface area (Å²) in [6.45, 7) is 5.20. The Balaban J connectivity index is 3.43. The number of rotatable bonds is 20. The first-order valence-electron chi connectivity index (χ1n) is 10.9. The predicted molar refractivity (Wildman–Crippen MR) is 116 cm³/mol. The zero-order valence-electron chi connectivity index (χ0n) is 18.4. The number of amides is 3. The lowest BCUT2D eigenvalue weighted by Crippen LogP contribution is -2.41. The van der Waals surface area contributed by atoms with Crippen molar-refractivity contribution >= 4 is 17.7 Å². The van der Waals surface area contributed by atoms with E-state index in [9.17, 15) is 14.4 Å². The van der Waals surface area contributed by atoms with Gasteiger partial charge in [0, 0.05) is 26.1 Å². The molecule has 0 spiro atoms. The molecule has 0 saturated carbocycles. The third-order valence-corrected chi connectivity index (χ3v) is 4.21. The minimum Gasteiger partial charge on any atom is -0.377 e. The maximum atomic E-state index is 11.7. The molecule has 30 heavy (non-hydrogen) atoms. The number of nitrogens with two attached hydrogens (primary N) is 2. The fourth-order valence-electron chi connectivity index (χ4n) is 2.42. The molecule has 0 aromatic rings. The van der Waals surface area contributed by atoms with Crippen LogP contribution in [0, 0.1) is 0 Å². The summed E-state index contributed by atoms with van der Waals surface area (Å²) in [6, 6.07) is -0.500. The van der Waals surface area contributed by atoms with E-state index in [1.54, 1.807) is 0 Å². The van der Waals surface area contributed by atoms with Gasteiger partial charge in [0.2, 0.25) is 17.7 Å². The fourth-order valence-corrected chi connectivity index (χ4v) is 2.42. The lowest BCUT2D eigenvalue weighted by Gasteiger charge is -2.12. The monoisotopic (exact) mass is 431 g/mol. The zero-order chi connectivity index (χ0) is 22.5. The van der Waals surface area contributed by atoms with Crippen molar-refractivity contribution in [2.45, 2.75) is 57.9 Å². The summed E-state index contributed by atoms with van der Waals surface area (Å²) < 4.78 is 10.6. The molecule has 10 heteroatoms. The van der Waals surface area contributed by atoms with Gasteiger partial charge in [0.05, 0.1) is 25.9 Å². The molecular formula is C20H41N5O5. The molecule has 0 fully saturated rings. The van der Waals surface area contributed by atoms with E-state index in [-0.39, 0.29) is 24.3 Å². The highest BCUT2D eigenvalue weighted by Gasteiger charge is 2.12. The van der Waals surface area contributed by atoms with Gasteiger partial charge in [-0.3, -0.25) is 14.4 Å². The van der Waals surface area contributed by atoms with Crippen molar-refractivity contribution in [2.24, 2.45) is 11.5 Å². The Hall–Kier alpha value is -1.75. The molecule has 7 N–H and O–H groups in total. The molecule has 0 aromatic carbocycles. The van der Waals surface area contributed by atoms with Crippen molar-refractivity contribution in [1.29, 1.82) is 0 Å². The largest absolute Gasteiger partial charge is 0.377 e. The first-order chi connectivity index (χ1) is 14.5. The third kappa shape index (κ3) is 18.3. The Morgan fingerprint density at radius 2 is 1.53 bits per heavy atom. The standard InChI is InChI=1S/C20H41N5O5/c1-2-3-10-25-20(28)17(22)7-4-5-11-23-19(27)16-30-15-14-29-13-12-24-18(26)8-6-9-21/h17H,2-16,21-22H2,1H3,(H,23,27)(H,24,26)(H,25,28). The van der Waals surface area contributed by atoms with Gasteiger partial charge in [0.15, 0.2) is 0 Å². The third-order valence-electron chi connectivity index (χ3n) is 4.21. The van der Waals surface area contributed by atoms with Gasteiger partial charge < -0.3 is 36.9 Å². The van der Waals surface area contributed by atoms with E-state index >= 15 is 0 Å². The SMILES string of the molecule is CCCCNC(=O)C(N)CCCCNC(=O)COCCOCCNC(=O)CCCN. The van der Waals surface area contributed by atoms with Crippen LogP contribution >= 0.6 is 0 Å². The smallest absolute Gasteiger partial charge is 0.245 e. The molecule has 0 aliphatic heterocycles. The van der Waals surface area contributed by atoms with Crippen LogP contribution in [-0.2, 0) is 23.9 Å². The van der Waals surface area contributed by atoms with Crippen LogP contribution in [-0.4, -0.2) is 76.4 Å². The van der Waals surface area contributed by atoms with Crippen LogP contribution < -0.4 is 27.4 Å². The predicted octanol–water partition coefficient (Wildman–Crippen LogP) is -0.595. The minimum absolute atomic E-state index is 0.0292. The normalized spacial score (nSPS) is 11.7. The molecule has 1 unspecified atom stereocenters. The van der Waals surface area contributed by atoms with Crippen molar-refractivity contribution in [3.05, 3.63) is 0 Å². The molecule has 0 saturated heterocycles. The second kappa shape index (κ2) is 20.5. The summed E-state index contributed by atoms with van der Waals surface area (Å²) in [5.74, 6) is -0.338. The highest BCUT2D eigenvalue weighted by Crippen LogP contribution is 1.99. The quantitative estimate of drug-likeness (QED) is 0.161. The Morgan fingerprint density at radius 1 is 0.833 bits per heavy atom. The number of carbonyl (C=O) groups is 3. The average molecular weight is 432 g/mol. The van der Waals surface area contributed by atoms with Gasteiger partial charge in [-0.2, -0.15) is 0 Å². The lowest BCUT2D eigenvalue weighted by atomic mass is 10.1. The molecular weight excluding hydrogens is 390 g/mol. The molecule has 0 heterocycles. The van der Waals surface area contributed by atoms with Gasteiger partial charge in [-0.1, -0.05) is 13.3 Å². The van der Waals surface area contributed by atoms with E-state index in [1.165, 1.54) is 0 Å². The van der Waals surface area contributed by atoms with Gasteiger partial charge in [0.25, 0.3) is 0 Å².